The Bertz CT molecular complexity index is 1030. The summed E-state index contributed by atoms with van der Waals surface area (Å²) < 4.78 is 18.7. The number of piperidine rings is 1. The molecule has 11 heteroatoms. The van der Waals surface area contributed by atoms with Crippen LogP contribution in [0.3, 0.4) is 0 Å². The summed E-state index contributed by atoms with van der Waals surface area (Å²) in [6.45, 7) is 11.5. The number of likely N-dealkylation sites (tertiary alicyclic amines) is 2. The van der Waals surface area contributed by atoms with Crippen LogP contribution in [0.2, 0.25) is 0 Å². The minimum atomic E-state index is -1.85. The summed E-state index contributed by atoms with van der Waals surface area (Å²) in [7, 11) is -1.85. The van der Waals surface area contributed by atoms with Crippen molar-refractivity contribution in [1.29, 1.82) is 5.26 Å². The predicted octanol–water partition coefficient (Wildman–Crippen LogP) is 2.90. The summed E-state index contributed by atoms with van der Waals surface area (Å²) in [5.74, 6) is -2.49. The van der Waals surface area contributed by atoms with Crippen molar-refractivity contribution in [2.75, 3.05) is 26.2 Å². The van der Waals surface area contributed by atoms with Crippen molar-refractivity contribution in [3.63, 3.8) is 0 Å². The smallest absolute Gasteiger partial charge is 0.444 e. The lowest BCUT2D eigenvalue weighted by Crippen LogP contribution is -2.51. The summed E-state index contributed by atoms with van der Waals surface area (Å²) >= 11 is 0. The van der Waals surface area contributed by atoms with Crippen LogP contribution in [0.15, 0.2) is 24.3 Å². The van der Waals surface area contributed by atoms with E-state index in [9.17, 15) is 29.3 Å². The van der Waals surface area contributed by atoms with Crippen molar-refractivity contribution in [3.8, 4) is 6.07 Å². The number of hydrogen-bond acceptors (Lipinski definition) is 7. The number of amides is 2. The molecule has 9 nitrogen and oxygen atoms in total. The van der Waals surface area contributed by atoms with Crippen molar-refractivity contribution in [3.05, 3.63) is 35.6 Å². The first-order valence-corrected chi connectivity index (χ1v) is 13.8. The second-order valence-electron chi connectivity index (χ2n) is 12.3. The number of halogens is 1. The van der Waals surface area contributed by atoms with Crippen molar-refractivity contribution in [1.82, 2.24) is 15.1 Å². The largest absolute Gasteiger partial charge is 0.475 e. The number of carbonyl (C=O) groups is 2. The van der Waals surface area contributed by atoms with Crippen molar-refractivity contribution in [2.24, 2.45) is 11.3 Å². The fourth-order valence-electron chi connectivity index (χ4n) is 5.43. The summed E-state index contributed by atoms with van der Waals surface area (Å²) in [4.78, 5) is 29.8. The van der Waals surface area contributed by atoms with Crippen molar-refractivity contribution < 1.29 is 28.8 Å². The van der Waals surface area contributed by atoms with Crippen molar-refractivity contribution >= 4 is 19.1 Å². The SMILES string of the molecule is CC1(C)CCN(C(C)(C)CCC(C#N)C(=O)N2CCC[C@H](OC(=O)N[C@@H](Cc3ccc(F)cc3)B(O)O)C2)C1. The molecule has 2 saturated heterocycles. The molecule has 0 saturated carbocycles. The number of alkyl carbamates (subject to hydrolysis) is 1. The van der Waals surface area contributed by atoms with Crippen LogP contribution in [-0.4, -0.2) is 82.7 Å². The molecule has 1 unspecified atom stereocenters. The number of nitrogens with zero attached hydrogens (tertiary/aromatic N) is 3. The van der Waals surface area contributed by atoms with Crippen LogP contribution in [0.1, 0.15) is 65.4 Å². The van der Waals surface area contributed by atoms with Crippen LogP contribution in [0.25, 0.3) is 0 Å². The number of rotatable bonds is 10. The van der Waals surface area contributed by atoms with E-state index in [1.165, 1.54) is 24.3 Å². The van der Waals surface area contributed by atoms with E-state index >= 15 is 0 Å². The number of ether oxygens (including phenoxy) is 1. The van der Waals surface area contributed by atoms with E-state index in [1.807, 2.05) is 0 Å². The van der Waals surface area contributed by atoms with Gasteiger partial charge in [0.2, 0.25) is 5.91 Å². The monoisotopic (exact) mass is 544 g/mol. The minimum absolute atomic E-state index is 0.0669. The first kappa shape index (κ1) is 30.9. The average molecular weight is 544 g/mol. The topological polar surface area (TPSA) is 126 Å². The van der Waals surface area contributed by atoms with E-state index in [4.69, 9.17) is 4.74 Å². The Morgan fingerprint density at radius 1 is 1.28 bits per heavy atom. The van der Waals surface area contributed by atoms with E-state index in [0.717, 1.165) is 25.9 Å². The molecule has 0 aromatic heterocycles. The molecule has 2 heterocycles. The molecule has 3 N–H and O–H groups in total. The number of hydrogen-bond donors (Lipinski definition) is 3. The van der Waals surface area contributed by atoms with Gasteiger partial charge in [0, 0.05) is 18.6 Å². The van der Waals surface area contributed by atoms with Gasteiger partial charge in [0.25, 0.3) is 0 Å². The molecule has 0 radical (unpaired) electrons. The zero-order valence-corrected chi connectivity index (χ0v) is 23.5. The first-order valence-electron chi connectivity index (χ1n) is 13.8. The molecular formula is C28H42BFN4O5. The van der Waals surface area contributed by atoms with Gasteiger partial charge < -0.3 is 25.0 Å². The Labute approximate surface area is 231 Å². The highest BCUT2D eigenvalue weighted by molar-refractivity contribution is 6.43. The third-order valence-electron chi connectivity index (χ3n) is 8.03. The van der Waals surface area contributed by atoms with E-state index < -0.39 is 37.0 Å². The lowest BCUT2D eigenvalue weighted by Gasteiger charge is -2.38. The number of nitrogens with one attached hydrogen (secondary N) is 1. The van der Waals surface area contributed by atoms with Crippen molar-refractivity contribution in [2.45, 2.75) is 83.8 Å². The normalized spacial score (nSPS) is 21.1. The third kappa shape index (κ3) is 8.92. The van der Waals surface area contributed by atoms with Gasteiger partial charge in [0.15, 0.2) is 0 Å². The van der Waals surface area contributed by atoms with E-state index in [-0.39, 0.29) is 29.8 Å². The van der Waals surface area contributed by atoms with Gasteiger partial charge in [-0.3, -0.25) is 9.69 Å². The van der Waals surface area contributed by atoms with E-state index in [0.29, 0.717) is 31.4 Å². The Kier molecular flexibility index (Phi) is 10.4. The lowest BCUT2D eigenvalue weighted by molar-refractivity contribution is -0.137. The molecule has 2 aliphatic heterocycles. The van der Waals surface area contributed by atoms with Gasteiger partial charge in [0.1, 0.15) is 17.8 Å². The van der Waals surface area contributed by atoms with Gasteiger partial charge in [-0.15, -0.1) is 0 Å². The average Bonchev–Trinajstić information content (AvgIpc) is 3.25. The van der Waals surface area contributed by atoms with Gasteiger partial charge in [0.05, 0.1) is 18.6 Å². The standard InChI is InChI=1S/C28H42BFN4O5/c1-27(2)13-15-34(19-27)28(3,4)12-11-21(17-31)25(35)33-14-5-6-23(18-33)39-26(36)32-24(29(37)38)16-20-7-9-22(30)10-8-20/h7-10,21,23-24,37-38H,5-6,11-16,18-19H2,1-4H3,(H,32,36)/t21?,23-,24-/m0/s1. The summed E-state index contributed by atoms with van der Waals surface area (Å²) in [6.07, 6.45) is 2.15. The Morgan fingerprint density at radius 2 is 1.97 bits per heavy atom. The second-order valence-corrected chi connectivity index (χ2v) is 12.3. The predicted molar refractivity (Wildman–Crippen MR) is 146 cm³/mol. The number of benzene rings is 1. The van der Waals surface area contributed by atoms with Crippen LogP contribution in [-0.2, 0) is 16.0 Å². The highest BCUT2D eigenvalue weighted by Crippen LogP contribution is 2.36. The molecule has 0 aliphatic carbocycles. The van der Waals surface area contributed by atoms with Crippen LogP contribution in [0.5, 0.6) is 0 Å². The molecule has 0 spiro atoms. The second kappa shape index (κ2) is 13.1. The van der Waals surface area contributed by atoms with Gasteiger partial charge in [-0.1, -0.05) is 26.0 Å². The molecule has 2 aliphatic rings. The fraction of sp³-hybridized carbons (Fsp3) is 0.679. The van der Waals surface area contributed by atoms with Gasteiger partial charge in [-0.25, -0.2) is 9.18 Å². The number of carbonyl (C=O) groups excluding carboxylic acids is 2. The Balaban J connectivity index is 1.51. The summed E-state index contributed by atoms with van der Waals surface area (Å²) in [5, 5.41) is 31.7. The maximum Gasteiger partial charge on any atom is 0.475 e. The summed E-state index contributed by atoms with van der Waals surface area (Å²) in [5.41, 5.74) is 0.771. The van der Waals surface area contributed by atoms with Crippen LogP contribution >= 0.6 is 0 Å². The summed E-state index contributed by atoms with van der Waals surface area (Å²) in [6, 6.07) is 7.70. The van der Waals surface area contributed by atoms with E-state index in [2.05, 4.69) is 44.0 Å². The third-order valence-corrected chi connectivity index (χ3v) is 8.03. The molecule has 39 heavy (non-hydrogen) atoms. The zero-order chi connectivity index (χ0) is 28.8. The van der Waals surface area contributed by atoms with Crippen LogP contribution in [0, 0.1) is 28.5 Å². The van der Waals surface area contributed by atoms with Gasteiger partial charge in [-0.2, -0.15) is 5.26 Å². The van der Waals surface area contributed by atoms with Gasteiger partial charge >= 0.3 is 13.2 Å². The Hall–Kier alpha value is -2.68. The molecule has 1 aromatic rings. The van der Waals surface area contributed by atoms with E-state index in [1.54, 1.807) is 4.90 Å². The maximum absolute atomic E-state index is 13.2. The van der Waals surface area contributed by atoms with Gasteiger partial charge in [-0.05, 0) is 82.0 Å². The quantitative estimate of drug-likeness (QED) is 0.387. The zero-order valence-electron chi connectivity index (χ0n) is 23.5. The number of nitriles is 1. The molecule has 2 fully saturated rings. The molecule has 3 atom stereocenters. The molecule has 214 valence electrons. The molecule has 0 bridgehead atoms. The Morgan fingerprint density at radius 3 is 2.56 bits per heavy atom. The minimum Gasteiger partial charge on any atom is -0.444 e. The van der Waals surface area contributed by atoms with Crippen LogP contribution in [0.4, 0.5) is 9.18 Å². The maximum atomic E-state index is 13.2. The first-order chi connectivity index (χ1) is 18.3. The van der Waals surface area contributed by atoms with Crippen LogP contribution < -0.4 is 5.32 Å². The lowest BCUT2D eigenvalue weighted by atomic mass is 9.76. The molecule has 2 amide bonds. The molecule has 3 rings (SSSR count). The highest BCUT2D eigenvalue weighted by atomic mass is 19.1. The highest BCUT2D eigenvalue weighted by Gasteiger charge is 2.38. The molecule has 1 aromatic carbocycles. The molecular weight excluding hydrogens is 502 g/mol. The fourth-order valence-corrected chi connectivity index (χ4v) is 5.43.